The highest BCUT2D eigenvalue weighted by molar-refractivity contribution is 5.35. The summed E-state index contributed by atoms with van der Waals surface area (Å²) in [6, 6.07) is 4.24. The predicted octanol–water partition coefficient (Wildman–Crippen LogP) is 3.74. The Morgan fingerprint density at radius 3 is 2.38 bits per heavy atom. The Hall–Kier alpha value is -1.05. The van der Waals surface area contributed by atoms with Crippen LogP contribution in [0.3, 0.4) is 0 Å². The molecule has 90 valence electrons. The maximum absolute atomic E-state index is 4.42. The summed E-state index contributed by atoms with van der Waals surface area (Å²) in [6.07, 6.45) is 3.05. The van der Waals surface area contributed by atoms with Gasteiger partial charge in [-0.1, -0.05) is 40.7 Å². The second-order valence-electron chi connectivity index (χ2n) is 6.06. The van der Waals surface area contributed by atoms with E-state index in [1.165, 1.54) is 5.56 Å². The molecule has 2 heteroatoms. The molecule has 1 aromatic heterocycles. The highest BCUT2D eigenvalue weighted by atomic mass is 15.0. The van der Waals surface area contributed by atoms with Gasteiger partial charge in [0.2, 0.25) is 0 Å². The van der Waals surface area contributed by atoms with Crippen molar-refractivity contribution in [3.8, 4) is 0 Å². The molecule has 1 aromatic rings. The Labute approximate surface area is 99.5 Å². The number of hydrogen-bond donors (Lipinski definition) is 1. The van der Waals surface area contributed by atoms with Gasteiger partial charge in [-0.05, 0) is 29.4 Å². The lowest BCUT2D eigenvalue weighted by Crippen LogP contribution is -2.11. The molecule has 16 heavy (non-hydrogen) atoms. The number of pyridine rings is 1. The summed E-state index contributed by atoms with van der Waals surface area (Å²) in [5.74, 6) is 1.63. The summed E-state index contributed by atoms with van der Waals surface area (Å²) in [7, 11) is 0. The first kappa shape index (κ1) is 13.0. The van der Waals surface area contributed by atoms with Gasteiger partial charge in [0.1, 0.15) is 5.82 Å². The van der Waals surface area contributed by atoms with Gasteiger partial charge in [-0.2, -0.15) is 0 Å². The summed E-state index contributed by atoms with van der Waals surface area (Å²) >= 11 is 0. The van der Waals surface area contributed by atoms with E-state index in [0.29, 0.717) is 11.3 Å². The van der Waals surface area contributed by atoms with Gasteiger partial charge >= 0.3 is 0 Å². The van der Waals surface area contributed by atoms with E-state index in [4.69, 9.17) is 0 Å². The first-order valence-electron chi connectivity index (χ1n) is 6.05. The van der Waals surface area contributed by atoms with Crippen LogP contribution in [-0.2, 0) is 6.42 Å². The molecule has 0 fully saturated rings. The van der Waals surface area contributed by atoms with E-state index in [9.17, 15) is 0 Å². The highest BCUT2D eigenvalue weighted by Gasteiger charge is 2.11. The lowest BCUT2D eigenvalue weighted by molar-refractivity contribution is 0.411. The zero-order valence-electron chi connectivity index (χ0n) is 11.2. The van der Waals surface area contributed by atoms with Crippen LogP contribution < -0.4 is 5.32 Å². The third-order valence-electron chi connectivity index (χ3n) is 2.25. The van der Waals surface area contributed by atoms with Crippen molar-refractivity contribution in [1.29, 1.82) is 0 Å². The van der Waals surface area contributed by atoms with Crippen molar-refractivity contribution in [2.45, 2.75) is 41.0 Å². The second kappa shape index (κ2) is 5.33. The van der Waals surface area contributed by atoms with Crippen molar-refractivity contribution in [3.05, 3.63) is 23.9 Å². The van der Waals surface area contributed by atoms with Crippen LogP contribution in [0.5, 0.6) is 0 Å². The molecule has 0 bridgehead atoms. The molecule has 0 radical (unpaired) electrons. The fraction of sp³-hybridized carbons (Fsp3) is 0.643. The largest absolute Gasteiger partial charge is 0.370 e. The zero-order chi connectivity index (χ0) is 12.2. The second-order valence-corrected chi connectivity index (χ2v) is 6.06. The molecular formula is C14H24N2. The van der Waals surface area contributed by atoms with Gasteiger partial charge in [0.05, 0.1) is 0 Å². The van der Waals surface area contributed by atoms with Crippen LogP contribution in [0.4, 0.5) is 5.82 Å². The molecule has 1 rings (SSSR count). The number of anilines is 1. The van der Waals surface area contributed by atoms with Gasteiger partial charge in [0.25, 0.3) is 0 Å². The van der Waals surface area contributed by atoms with E-state index in [0.717, 1.165) is 18.8 Å². The lowest BCUT2D eigenvalue weighted by Gasteiger charge is -2.18. The molecule has 0 saturated carbocycles. The van der Waals surface area contributed by atoms with E-state index < -0.39 is 0 Å². The van der Waals surface area contributed by atoms with Gasteiger partial charge in [-0.15, -0.1) is 0 Å². The van der Waals surface area contributed by atoms with E-state index in [1.54, 1.807) is 0 Å². The molecule has 0 aromatic carbocycles. The number of rotatable bonds is 4. The first-order valence-corrected chi connectivity index (χ1v) is 6.05. The minimum Gasteiger partial charge on any atom is -0.370 e. The Morgan fingerprint density at radius 1 is 1.25 bits per heavy atom. The van der Waals surface area contributed by atoms with Gasteiger partial charge in [0.15, 0.2) is 0 Å². The van der Waals surface area contributed by atoms with Gasteiger partial charge in [0, 0.05) is 12.7 Å². The first-order chi connectivity index (χ1) is 7.37. The fourth-order valence-corrected chi connectivity index (χ4v) is 1.55. The third kappa shape index (κ3) is 5.15. The van der Waals surface area contributed by atoms with Crippen molar-refractivity contribution < 1.29 is 0 Å². The summed E-state index contributed by atoms with van der Waals surface area (Å²) in [4.78, 5) is 4.42. The summed E-state index contributed by atoms with van der Waals surface area (Å²) in [5.41, 5.74) is 1.64. The SMILES string of the molecule is CC(C)CNc1ccc(CC(C)(C)C)cn1. The maximum Gasteiger partial charge on any atom is 0.125 e. The van der Waals surface area contributed by atoms with Crippen LogP contribution in [0.15, 0.2) is 18.3 Å². The van der Waals surface area contributed by atoms with Crippen LogP contribution in [0.2, 0.25) is 0 Å². The molecule has 0 amide bonds. The fourth-order valence-electron chi connectivity index (χ4n) is 1.55. The van der Waals surface area contributed by atoms with E-state index in [2.05, 4.69) is 57.1 Å². The van der Waals surface area contributed by atoms with Gasteiger partial charge in [-0.3, -0.25) is 0 Å². The quantitative estimate of drug-likeness (QED) is 0.836. The summed E-state index contributed by atoms with van der Waals surface area (Å²) in [5, 5.41) is 3.32. The summed E-state index contributed by atoms with van der Waals surface area (Å²) < 4.78 is 0. The average molecular weight is 220 g/mol. The van der Waals surface area contributed by atoms with Crippen molar-refractivity contribution in [2.75, 3.05) is 11.9 Å². The minimum absolute atomic E-state index is 0.328. The minimum atomic E-state index is 0.328. The van der Waals surface area contributed by atoms with Crippen molar-refractivity contribution in [2.24, 2.45) is 11.3 Å². The van der Waals surface area contributed by atoms with E-state index >= 15 is 0 Å². The van der Waals surface area contributed by atoms with Crippen LogP contribution in [0.25, 0.3) is 0 Å². The standard InChI is InChI=1S/C14H24N2/c1-11(2)9-15-13-7-6-12(10-16-13)8-14(3,4)5/h6-7,10-11H,8-9H2,1-5H3,(H,15,16). The van der Waals surface area contributed by atoms with Crippen LogP contribution in [-0.4, -0.2) is 11.5 Å². The lowest BCUT2D eigenvalue weighted by atomic mass is 9.89. The normalized spacial score (nSPS) is 11.9. The van der Waals surface area contributed by atoms with Crippen molar-refractivity contribution in [3.63, 3.8) is 0 Å². The topological polar surface area (TPSA) is 24.9 Å². The Morgan fingerprint density at radius 2 is 1.94 bits per heavy atom. The molecule has 1 heterocycles. The predicted molar refractivity (Wildman–Crippen MR) is 70.7 cm³/mol. The maximum atomic E-state index is 4.42. The monoisotopic (exact) mass is 220 g/mol. The molecule has 0 atom stereocenters. The summed E-state index contributed by atoms with van der Waals surface area (Å²) in [6.45, 7) is 12.1. The van der Waals surface area contributed by atoms with Crippen LogP contribution in [0, 0.1) is 11.3 Å². The van der Waals surface area contributed by atoms with Crippen molar-refractivity contribution >= 4 is 5.82 Å². The Kier molecular flexibility index (Phi) is 4.34. The van der Waals surface area contributed by atoms with Gasteiger partial charge < -0.3 is 5.32 Å². The Balaban J connectivity index is 2.54. The third-order valence-corrected chi connectivity index (χ3v) is 2.25. The number of nitrogens with zero attached hydrogens (tertiary/aromatic N) is 1. The average Bonchev–Trinajstić information content (AvgIpc) is 2.14. The van der Waals surface area contributed by atoms with Crippen LogP contribution >= 0.6 is 0 Å². The van der Waals surface area contributed by atoms with E-state index in [1.807, 2.05) is 6.20 Å². The number of nitrogens with one attached hydrogen (secondary N) is 1. The zero-order valence-corrected chi connectivity index (χ0v) is 11.2. The van der Waals surface area contributed by atoms with E-state index in [-0.39, 0.29) is 0 Å². The molecule has 0 spiro atoms. The van der Waals surface area contributed by atoms with Gasteiger partial charge in [-0.25, -0.2) is 4.98 Å². The smallest absolute Gasteiger partial charge is 0.125 e. The molecule has 0 aliphatic rings. The molecule has 0 unspecified atom stereocenters. The molecule has 2 nitrogen and oxygen atoms in total. The molecule has 1 N–H and O–H groups in total. The molecule has 0 saturated heterocycles. The Bertz CT molecular complexity index is 307. The molecule has 0 aliphatic heterocycles. The highest BCUT2D eigenvalue weighted by Crippen LogP contribution is 2.20. The number of aromatic nitrogens is 1. The van der Waals surface area contributed by atoms with Crippen molar-refractivity contribution in [1.82, 2.24) is 4.98 Å². The van der Waals surface area contributed by atoms with Crippen LogP contribution in [0.1, 0.15) is 40.2 Å². The molecule has 0 aliphatic carbocycles. The molecular weight excluding hydrogens is 196 g/mol. The number of hydrogen-bond acceptors (Lipinski definition) is 2.